The average molecular weight is 192 g/mol. The van der Waals surface area contributed by atoms with Crippen LogP contribution in [0.5, 0.6) is 0 Å². The fourth-order valence-electron chi connectivity index (χ4n) is 1.55. The summed E-state index contributed by atoms with van der Waals surface area (Å²) >= 11 is 0. The summed E-state index contributed by atoms with van der Waals surface area (Å²) in [5.41, 5.74) is 1.21. The minimum atomic E-state index is 0.517. The van der Waals surface area contributed by atoms with Crippen molar-refractivity contribution >= 4 is 5.82 Å². The predicted octanol–water partition coefficient (Wildman–Crippen LogP) is 3.24. The summed E-state index contributed by atoms with van der Waals surface area (Å²) in [4.78, 5) is 4.34. The lowest BCUT2D eigenvalue weighted by Gasteiger charge is -2.22. The lowest BCUT2D eigenvalue weighted by molar-refractivity contribution is 0.509. The van der Waals surface area contributed by atoms with Gasteiger partial charge in [0.1, 0.15) is 5.82 Å². The van der Waals surface area contributed by atoms with Crippen LogP contribution in [0, 0.1) is 12.8 Å². The molecule has 0 fully saturated rings. The normalized spacial score (nSPS) is 12.9. The van der Waals surface area contributed by atoms with E-state index in [2.05, 4.69) is 44.1 Å². The molecule has 1 N–H and O–H groups in total. The fraction of sp³-hybridized carbons (Fsp3) is 0.583. The highest BCUT2D eigenvalue weighted by Gasteiger charge is 2.11. The predicted molar refractivity (Wildman–Crippen MR) is 61.5 cm³/mol. The summed E-state index contributed by atoms with van der Waals surface area (Å²) in [5.74, 6) is 1.66. The molecule has 0 amide bonds. The van der Waals surface area contributed by atoms with E-state index in [1.807, 2.05) is 12.3 Å². The number of hydrogen-bond acceptors (Lipinski definition) is 2. The molecule has 0 radical (unpaired) electrons. The van der Waals surface area contributed by atoms with Crippen molar-refractivity contribution in [3.8, 4) is 0 Å². The first-order valence-electron chi connectivity index (χ1n) is 5.33. The quantitative estimate of drug-likeness (QED) is 0.792. The Hall–Kier alpha value is -1.05. The van der Waals surface area contributed by atoms with Crippen molar-refractivity contribution in [3.63, 3.8) is 0 Å². The van der Waals surface area contributed by atoms with E-state index in [-0.39, 0.29) is 0 Å². The number of aryl methyl sites for hydroxylation is 1. The van der Waals surface area contributed by atoms with Crippen LogP contribution in [0.25, 0.3) is 0 Å². The molecule has 1 atom stereocenters. The van der Waals surface area contributed by atoms with E-state index in [0.29, 0.717) is 12.0 Å². The van der Waals surface area contributed by atoms with E-state index in [4.69, 9.17) is 0 Å². The minimum absolute atomic E-state index is 0.517. The number of aromatic nitrogens is 1. The molecule has 0 bridgehead atoms. The molecule has 78 valence electrons. The van der Waals surface area contributed by atoms with Crippen molar-refractivity contribution in [3.05, 3.63) is 23.9 Å². The van der Waals surface area contributed by atoms with E-state index >= 15 is 0 Å². The third-order valence-electron chi connectivity index (χ3n) is 2.58. The SMILES string of the molecule is CCC(Nc1ncccc1C)C(C)C. The fourth-order valence-corrected chi connectivity index (χ4v) is 1.55. The van der Waals surface area contributed by atoms with Crippen molar-refractivity contribution < 1.29 is 0 Å². The molecule has 0 aliphatic rings. The van der Waals surface area contributed by atoms with Gasteiger partial charge in [0.2, 0.25) is 0 Å². The lowest BCUT2D eigenvalue weighted by atomic mass is 10.0. The molecule has 2 nitrogen and oxygen atoms in total. The Morgan fingerprint density at radius 3 is 2.64 bits per heavy atom. The second-order valence-corrected chi connectivity index (χ2v) is 4.07. The zero-order valence-corrected chi connectivity index (χ0v) is 9.54. The maximum Gasteiger partial charge on any atom is 0.129 e. The second-order valence-electron chi connectivity index (χ2n) is 4.07. The molecule has 14 heavy (non-hydrogen) atoms. The Balaban J connectivity index is 2.72. The highest BCUT2D eigenvalue weighted by Crippen LogP contribution is 2.15. The van der Waals surface area contributed by atoms with E-state index in [9.17, 15) is 0 Å². The van der Waals surface area contributed by atoms with Crippen LogP contribution in [0.3, 0.4) is 0 Å². The molecule has 0 aliphatic heterocycles. The molecule has 1 rings (SSSR count). The number of nitrogens with zero attached hydrogens (tertiary/aromatic N) is 1. The lowest BCUT2D eigenvalue weighted by Crippen LogP contribution is -2.25. The average Bonchev–Trinajstić information content (AvgIpc) is 2.16. The molecule has 1 unspecified atom stereocenters. The van der Waals surface area contributed by atoms with Gasteiger partial charge in [0.25, 0.3) is 0 Å². The van der Waals surface area contributed by atoms with Crippen LogP contribution in [0.4, 0.5) is 5.82 Å². The summed E-state index contributed by atoms with van der Waals surface area (Å²) < 4.78 is 0. The Bertz CT molecular complexity index is 281. The molecule has 0 aliphatic carbocycles. The third-order valence-corrected chi connectivity index (χ3v) is 2.58. The van der Waals surface area contributed by atoms with Crippen LogP contribution in [-0.2, 0) is 0 Å². The zero-order valence-electron chi connectivity index (χ0n) is 9.54. The van der Waals surface area contributed by atoms with Gasteiger partial charge in [0, 0.05) is 12.2 Å². The summed E-state index contributed by atoms with van der Waals surface area (Å²) in [6.45, 7) is 8.76. The van der Waals surface area contributed by atoms with Crippen LogP contribution < -0.4 is 5.32 Å². The van der Waals surface area contributed by atoms with Gasteiger partial charge in [-0.25, -0.2) is 4.98 Å². The Morgan fingerprint density at radius 1 is 1.43 bits per heavy atom. The van der Waals surface area contributed by atoms with Crippen molar-refractivity contribution in [1.29, 1.82) is 0 Å². The van der Waals surface area contributed by atoms with Gasteiger partial charge in [-0.2, -0.15) is 0 Å². The standard InChI is InChI=1S/C12H20N2/c1-5-11(9(2)3)14-12-10(4)7-6-8-13-12/h6-9,11H,5H2,1-4H3,(H,13,14). The topological polar surface area (TPSA) is 24.9 Å². The highest BCUT2D eigenvalue weighted by atomic mass is 15.0. The van der Waals surface area contributed by atoms with Gasteiger partial charge in [-0.05, 0) is 30.9 Å². The van der Waals surface area contributed by atoms with Crippen LogP contribution in [0.2, 0.25) is 0 Å². The van der Waals surface area contributed by atoms with Gasteiger partial charge in [-0.1, -0.05) is 26.8 Å². The largest absolute Gasteiger partial charge is 0.367 e. The Morgan fingerprint density at radius 2 is 2.14 bits per heavy atom. The first-order chi connectivity index (χ1) is 6.65. The smallest absolute Gasteiger partial charge is 0.129 e. The monoisotopic (exact) mass is 192 g/mol. The maximum absolute atomic E-state index is 4.34. The molecule has 2 heteroatoms. The second kappa shape index (κ2) is 4.99. The summed E-state index contributed by atoms with van der Waals surface area (Å²) in [6.07, 6.45) is 2.97. The van der Waals surface area contributed by atoms with Crippen molar-refractivity contribution in [2.24, 2.45) is 5.92 Å². The van der Waals surface area contributed by atoms with Crippen molar-refractivity contribution in [2.45, 2.75) is 40.2 Å². The van der Waals surface area contributed by atoms with Gasteiger partial charge < -0.3 is 5.32 Å². The van der Waals surface area contributed by atoms with E-state index in [0.717, 1.165) is 12.2 Å². The van der Waals surface area contributed by atoms with E-state index in [1.165, 1.54) is 5.56 Å². The number of pyridine rings is 1. The van der Waals surface area contributed by atoms with Crippen LogP contribution in [-0.4, -0.2) is 11.0 Å². The first kappa shape index (κ1) is 11.0. The number of nitrogens with one attached hydrogen (secondary N) is 1. The molecular formula is C12H20N2. The van der Waals surface area contributed by atoms with Crippen LogP contribution >= 0.6 is 0 Å². The van der Waals surface area contributed by atoms with Gasteiger partial charge >= 0.3 is 0 Å². The van der Waals surface area contributed by atoms with Crippen molar-refractivity contribution in [2.75, 3.05) is 5.32 Å². The zero-order chi connectivity index (χ0) is 10.6. The third kappa shape index (κ3) is 2.72. The van der Waals surface area contributed by atoms with Crippen LogP contribution in [0.15, 0.2) is 18.3 Å². The van der Waals surface area contributed by atoms with Gasteiger partial charge in [0.15, 0.2) is 0 Å². The minimum Gasteiger partial charge on any atom is -0.367 e. The molecule has 0 saturated heterocycles. The number of hydrogen-bond donors (Lipinski definition) is 1. The number of anilines is 1. The molecule has 1 heterocycles. The summed E-state index contributed by atoms with van der Waals surface area (Å²) in [7, 11) is 0. The molecule has 0 aromatic carbocycles. The maximum atomic E-state index is 4.34. The molecule has 0 saturated carbocycles. The Labute approximate surface area is 86.8 Å². The van der Waals surface area contributed by atoms with E-state index in [1.54, 1.807) is 0 Å². The summed E-state index contributed by atoms with van der Waals surface area (Å²) in [6, 6.07) is 4.57. The highest BCUT2D eigenvalue weighted by molar-refractivity contribution is 5.43. The first-order valence-corrected chi connectivity index (χ1v) is 5.33. The van der Waals surface area contributed by atoms with Gasteiger partial charge in [-0.15, -0.1) is 0 Å². The molecule has 1 aromatic heterocycles. The molecule has 0 spiro atoms. The van der Waals surface area contributed by atoms with E-state index < -0.39 is 0 Å². The molecular weight excluding hydrogens is 172 g/mol. The summed E-state index contributed by atoms with van der Waals surface area (Å²) in [5, 5.41) is 3.49. The molecule has 1 aromatic rings. The van der Waals surface area contributed by atoms with Crippen LogP contribution in [0.1, 0.15) is 32.8 Å². The van der Waals surface area contributed by atoms with Gasteiger partial charge in [0.05, 0.1) is 0 Å². The number of rotatable bonds is 4. The van der Waals surface area contributed by atoms with Gasteiger partial charge in [-0.3, -0.25) is 0 Å². The Kier molecular flexibility index (Phi) is 3.93. The van der Waals surface area contributed by atoms with Crippen molar-refractivity contribution in [1.82, 2.24) is 4.98 Å².